The van der Waals surface area contributed by atoms with Crippen molar-refractivity contribution in [2.75, 3.05) is 0 Å². The first-order valence-corrected chi connectivity index (χ1v) is 10.9. The average molecular weight is 430 g/mol. The summed E-state index contributed by atoms with van der Waals surface area (Å²) in [6.45, 7) is 0. The molecule has 32 heavy (non-hydrogen) atoms. The predicted octanol–water partition coefficient (Wildman–Crippen LogP) is 7.69. The molecule has 0 aliphatic carbocycles. The molecule has 0 aliphatic rings. The van der Waals surface area contributed by atoms with E-state index in [4.69, 9.17) is 16.6 Å². The lowest BCUT2D eigenvalue weighted by atomic mass is 10.00. The first kappa shape index (κ1) is 17.7. The fourth-order valence-electron chi connectivity index (χ4n) is 4.89. The molecule has 3 nitrogen and oxygen atoms in total. The fraction of sp³-hybridized carbons (Fsp3) is 0. The third-order valence-corrected chi connectivity index (χ3v) is 6.52. The van der Waals surface area contributed by atoms with Crippen molar-refractivity contribution in [3.05, 3.63) is 102 Å². The molecule has 5 aromatic carbocycles. The molecule has 150 valence electrons. The lowest BCUT2D eigenvalue weighted by molar-refractivity contribution is 1.08. The molecule has 0 saturated heterocycles. The highest BCUT2D eigenvalue weighted by atomic mass is 35.5. The molecule has 0 radical (unpaired) electrons. The summed E-state index contributed by atoms with van der Waals surface area (Å²) in [7, 11) is 0. The van der Waals surface area contributed by atoms with E-state index in [0.29, 0.717) is 11.0 Å². The summed E-state index contributed by atoms with van der Waals surface area (Å²) in [6.07, 6.45) is 0. The van der Waals surface area contributed by atoms with Gasteiger partial charge in [0.05, 0.1) is 22.1 Å². The van der Waals surface area contributed by atoms with Crippen LogP contribution in [0.2, 0.25) is 5.15 Å². The first-order chi connectivity index (χ1) is 15.8. The Hall–Kier alpha value is -3.95. The Labute approximate surface area is 188 Å². The number of para-hydroxylation sites is 2. The molecule has 0 unspecified atom stereocenters. The molecule has 0 spiro atoms. The summed E-state index contributed by atoms with van der Waals surface area (Å²) in [5, 5.41) is 7.67. The lowest BCUT2D eigenvalue weighted by Crippen LogP contribution is -2.01. The van der Waals surface area contributed by atoms with Gasteiger partial charge in [-0.3, -0.25) is 4.57 Å². The third kappa shape index (κ3) is 2.37. The van der Waals surface area contributed by atoms with Crippen molar-refractivity contribution in [3.8, 4) is 5.82 Å². The highest BCUT2D eigenvalue weighted by molar-refractivity contribution is 6.32. The Morgan fingerprint density at radius 3 is 1.62 bits per heavy atom. The second kappa shape index (κ2) is 6.52. The van der Waals surface area contributed by atoms with Gasteiger partial charge < -0.3 is 0 Å². The van der Waals surface area contributed by atoms with Crippen LogP contribution < -0.4 is 0 Å². The maximum atomic E-state index is 6.74. The van der Waals surface area contributed by atoms with Crippen molar-refractivity contribution >= 4 is 66.0 Å². The Morgan fingerprint density at radius 2 is 1.03 bits per heavy atom. The van der Waals surface area contributed by atoms with Gasteiger partial charge in [-0.2, -0.15) is 0 Å². The summed E-state index contributed by atoms with van der Waals surface area (Å²) in [6, 6.07) is 33.5. The molecular weight excluding hydrogens is 414 g/mol. The van der Waals surface area contributed by atoms with Gasteiger partial charge in [-0.25, -0.2) is 9.97 Å². The predicted molar refractivity (Wildman–Crippen MR) is 134 cm³/mol. The van der Waals surface area contributed by atoms with Crippen LogP contribution in [-0.2, 0) is 0 Å². The minimum atomic E-state index is 0.392. The van der Waals surface area contributed by atoms with E-state index in [1.54, 1.807) is 0 Å². The number of hydrogen-bond donors (Lipinski definition) is 0. The quantitative estimate of drug-likeness (QED) is 0.268. The van der Waals surface area contributed by atoms with E-state index in [9.17, 15) is 0 Å². The van der Waals surface area contributed by atoms with Gasteiger partial charge in [0.1, 0.15) is 0 Å². The molecule has 7 aromatic rings. The average Bonchev–Trinajstić information content (AvgIpc) is 3.18. The van der Waals surface area contributed by atoms with Crippen LogP contribution in [0, 0.1) is 0 Å². The van der Waals surface area contributed by atoms with Gasteiger partial charge in [0.15, 0.2) is 11.0 Å². The van der Waals surface area contributed by atoms with Gasteiger partial charge in [-0.15, -0.1) is 0 Å². The number of hydrogen-bond acceptors (Lipinski definition) is 2. The largest absolute Gasteiger partial charge is 0.291 e. The van der Waals surface area contributed by atoms with Gasteiger partial charge in [-0.1, -0.05) is 84.4 Å². The normalized spacial score (nSPS) is 11.9. The first-order valence-electron chi connectivity index (χ1n) is 10.6. The Morgan fingerprint density at radius 1 is 0.531 bits per heavy atom. The molecule has 4 heteroatoms. The number of benzene rings is 5. The van der Waals surface area contributed by atoms with Crippen LogP contribution in [0.3, 0.4) is 0 Å². The highest BCUT2D eigenvalue weighted by Crippen LogP contribution is 2.41. The molecule has 0 N–H and O–H groups in total. The van der Waals surface area contributed by atoms with Crippen LogP contribution in [0.1, 0.15) is 0 Å². The van der Waals surface area contributed by atoms with E-state index in [-0.39, 0.29) is 0 Å². The monoisotopic (exact) mass is 429 g/mol. The van der Waals surface area contributed by atoms with Crippen LogP contribution in [0.5, 0.6) is 0 Å². The van der Waals surface area contributed by atoms with Crippen molar-refractivity contribution < 1.29 is 0 Å². The fourth-order valence-corrected chi connectivity index (χ4v) is 5.11. The van der Waals surface area contributed by atoms with Crippen LogP contribution in [-0.4, -0.2) is 14.5 Å². The zero-order chi connectivity index (χ0) is 21.2. The van der Waals surface area contributed by atoms with E-state index < -0.39 is 0 Å². The highest BCUT2D eigenvalue weighted by Gasteiger charge is 2.20. The molecule has 0 fully saturated rings. The van der Waals surface area contributed by atoms with Crippen molar-refractivity contribution in [1.82, 2.24) is 14.5 Å². The minimum Gasteiger partial charge on any atom is -0.291 e. The maximum Gasteiger partial charge on any atom is 0.176 e. The van der Waals surface area contributed by atoms with Crippen molar-refractivity contribution in [2.24, 2.45) is 0 Å². The summed E-state index contributed by atoms with van der Waals surface area (Å²) in [5.74, 6) is 0.649. The molecule has 0 bridgehead atoms. The molecule has 7 rings (SSSR count). The van der Waals surface area contributed by atoms with Gasteiger partial charge in [0.2, 0.25) is 0 Å². The van der Waals surface area contributed by atoms with Crippen molar-refractivity contribution in [2.45, 2.75) is 0 Å². The van der Waals surface area contributed by atoms with E-state index in [0.717, 1.165) is 22.1 Å². The second-order valence-electron chi connectivity index (χ2n) is 8.02. The lowest BCUT2D eigenvalue weighted by Gasteiger charge is -2.10. The van der Waals surface area contributed by atoms with Crippen molar-refractivity contribution in [3.63, 3.8) is 0 Å². The van der Waals surface area contributed by atoms with Crippen LogP contribution in [0.15, 0.2) is 97.1 Å². The number of halogens is 1. The number of fused-ring (bicyclic) bond motifs is 8. The standard InChI is InChI=1S/C28H16ClN3/c29-27-28(31-22-12-6-5-11-21(22)30-27)32-23-15-13-17-7-1-3-9-19(17)25(23)26-20-10-4-2-8-18(20)14-16-24(26)32/h1-16H. The molecule has 0 saturated carbocycles. The molecule has 2 aromatic heterocycles. The summed E-state index contributed by atoms with van der Waals surface area (Å²) >= 11 is 6.74. The zero-order valence-electron chi connectivity index (χ0n) is 17.0. The van der Waals surface area contributed by atoms with Gasteiger partial charge in [0.25, 0.3) is 0 Å². The number of nitrogens with zero attached hydrogens (tertiary/aromatic N) is 3. The minimum absolute atomic E-state index is 0.392. The maximum absolute atomic E-state index is 6.74. The Balaban J connectivity index is 1.75. The summed E-state index contributed by atoms with van der Waals surface area (Å²) in [4.78, 5) is 9.60. The Bertz CT molecular complexity index is 1760. The third-order valence-electron chi connectivity index (χ3n) is 6.27. The SMILES string of the molecule is Clc1nc2ccccc2nc1-n1c2ccc3ccccc3c2c2c3ccccc3ccc21. The zero-order valence-corrected chi connectivity index (χ0v) is 17.7. The van der Waals surface area contributed by atoms with Crippen molar-refractivity contribution in [1.29, 1.82) is 0 Å². The molecular formula is C28H16ClN3. The molecule has 0 aliphatic heterocycles. The number of rotatable bonds is 1. The molecule has 0 atom stereocenters. The van der Waals surface area contributed by atoms with Gasteiger partial charge in [-0.05, 0) is 45.8 Å². The van der Waals surface area contributed by atoms with Crippen LogP contribution in [0.4, 0.5) is 0 Å². The Kier molecular flexibility index (Phi) is 3.61. The summed E-state index contributed by atoms with van der Waals surface area (Å²) < 4.78 is 2.16. The van der Waals surface area contributed by atoms with Crippen LogP contribution in [0.25, 0.3) is 60.2 Å². The smallest absolute Gasteiger partial charge is 0.176 e. The topological polar surface area (TPSA) is 30.7 Å². The second-order valence-corrected chi connectivity index (χ2v) is 8.38. The van der Waals surface area contributed by atoms with E-state index in [1.807, 2.05) is 24.3 Å². The van der Waals surface area contributed by atoms with Gasteiger partial charge >= 0.3 is 0 Å². The van der Waals surface area contributed by atoms with Crippen LogP contribution >= 0.6 is 11.6 Å². The van der Waals surface area contributed by atoms with E-state index in [2.05, 4.69) is 82.3 Å². The van der Waals surface area contributed by atoms with E-state index in [1.165, 1.54) is 32.3 Å². The summed E-state index contributed by atoms with van der Waals surface area (Å²) in [5.41, 5.74) is 3.75. The van der Waals surface area contributed by atoms with E-state index >= 15 is 0 Å². The molecule has 0 amide bonds. The van der Waals surface area contributed by atoms with Gasteiger partial charge in [0, 0.05) is 10.8 Å². The molecule has 2 heterocycles. The number of aromatic nitrogens is 3.